The van der Waals surface area contributed by atoms with Crippen LogP contribution in [0.15, 0.2) is 11.4 Å². The lowest BCUT2D eigenvalue weighted by atomic mass is 10.2. The summed E-state index contributed by atoms with van der Waals surface area (Å²) in [4.78, 5) is 3.80. The minimum absolute atomic E-state index is 0.0527. The van der Waals surface area contributed by atoms with Crippen molar-refractivity contribution in [2.45, 2.75) is 30.8 Å². The van der Waals surface area contributed by atoms with Crippen molar-refractivity contribution in [2.24, 2.45) is 13.0 Å². The standard InChI is InChI=1S/C9H14ClN3O2S/c1-6(7-3-4-7)12-16(14,15)9-8(10)13(2)5-11-9/h5-7,12H,3-4H2,1-2H3. The Kier molecular flexibility index (Phi) is 2.98. The predicted molar refractivity (Wildman–Crippen MR) is 60.7 cm³/mol. The first-order valence-corrected chi connectivity index (χ1v) is 6.97. The molecule has 1 heterocycles. The maximum atomic E-state index is 11.9. The molecule has 1 aliphatic rings. The summed E-state index contributed by atoms with van der Waals surface area (Å²) in [5.41, 5.74) is 0. The zero-order valence-corrected chi connectivity index (χ0v) is 10.7. The van der Waals surface area contributed by atoms with Gasteiger partial charge in [0.2, 0.25) is 5.03 Å². The summed E-state index contributed by atoms with van der Waals surface area (Å²) in [7, 11) is -1.94. The Morgan fingerprint density at radius 1 is 1.62 bits per heavy atom. The van der Waals surface area contributed by atoms with Gasteiger partial charge in [0.25, 0.3) is 10.0 Å². The molecule has 0 amide bonds. The van der Waals surface area contributed by atoms with Gasteiger partial charge in [-0.25, -0.2) is 18.1 Å². The summed E-state index contributed by atoms with van der Waals surface area (Å²) in [6, 6.07) is -0.0527. The highest BCUT2D eigenvalue weighted by molar-refractivity contribution is 7.89. The van der Waals surface area contributed by atoms with E-state index in [1.165, 1.54) is 10.9 Å². The minimum Gasteiger partial charge on any atom is -0.324 e. The van der Waals surface area contributed by atoms with Gasteiger partial charge in [-0.3, -0.25) is 0 Å². The van der Waals surface area contributed by atoms with Crippen molar-refractivity contribution in [3.8, 4) is 0 Å². The first-order chi connectivity index (χ1) is 7.42. The van der Waals surface area contributed by atoms with Gasteiger partial charge < -0.3 is 4.57 Å². The Labute approximate surface area is 99.9 Å². The number of aromatic nitrogens is 2. The van der Waals surface area contributed by atoms with Gasteiger partial charge >= 0.3 is 0 Å². The average Bonchev–Trinajstić information content (AvgIpc) is 2.95. The van der Waals surface area contributed by atoms with Crippen LogP contribution in [0.4, 0.5) is 0 Å². The maximum absolute atomic E-state index is 11.9. The third-order valence-electron chi connectivity index (χ3n) is 2.76. The van der Waals surface area contributed by atoms with E-state index in [-0.39, 0.29) is 16.2 Å². The number of rotatable bonds is 4. The number of imidazole rings is 1. The molecule has 1 N–H and O–H groups in total. The van der Waals surface area contributed by atoms with Crippen molar-refractivity contribution < 1.29 is 8.42 Å². The summed E-state index contributed by atoms with van der Waals surface area (Å²) in [6.45, 7) is 1.87. The number of hydrogen-bond donors (Lipinski definition) is 1. The molecule has 1 aliphatic carbocycles. The third-order valence-corrected chi connectivity index (χ3v) is 4.81. The van der Waals surface area contributed by atoms with Gasteiger partial charge in [-0.05, 0) is 25.7 Å². The highest BCUT2D eigenvalue weighted by Gasteiger charge is 2.32. The third kappa shape index (κ3) is 2.23. The van der Waals surface area contributed by atoms with Gasteiger partial charge in [0.15, 0.2) is 0 Å². The highest BCUT2D eigenvalue weighted by atomic mass is 35.5. The molecule has 0 saturated heterocycles. The van der Waals surface area contributed by atoms with Gasteiger partial charge in [-0.1, -0.05) is 11.6 Å². The van der Waals surface area contributed by atoms with Crippen LogP contribution in [0.5, 0.6) is 0 Å². The molecule has 1 aromatic heterocycles. The predicted octanol–water partition coefficient (Wildman–Crippen LogP) is 1.15. The Balaban J connectivity index is 2.21. The van der Waals surface area contributed by atoms with Crippen LogP contribution in [-0.4, -0.2) is 24.0 Å². The van der Waals surface area contributed by atoms with Crippen LogP contribution in [0.2, 0.25) is 5.15 Å². The van der Waals surface area contributed by atoms with Crippen molar-refractivity contribution in [3.05, 3.63) is 11.5 Å². The summed E-state index contributed by atoms with van der Waals surface area (Å²) in [5, 5.41) is 0.0414. The largest absolute Gasteiger partial charge is 0.324 e. The van der Waals surface area contributed by atoms with Crippen LogP contribution in [0.1, 0.15) is 19.8 Å². The molecule has 2 rings (SSSR count). The van der Waals surface area contributed by atoms with E-state index >= 15 is 0 Å². The van der Waals surface area contributed by atoms with Crippen molar-refractivity contribution in [2.75, 3.05) is 0 Å². The topological polar surface area (TPSA) is 64.0 Å². The van der Waals surface area contributed by atoms with Gasteiger partial charge in [-0.15, -0.1) is 0 Å². The van der Waals surface area contributed by atoms with Crippen LogP contribution in [0.25, 0.3) is 0 Å². The average molecular weight is 264 g/mol. The first kappa shape index (κ1) is 11.9. The number of sulfonamides is 1. The van der Waals surface area contributed by atoms with Gasteiger partial charge in [0.1, 0.15) is 5.15 Å². The van der Waals surface area contributed by atoms with Crippen molar-refractivity contribution in [3.63, 3.8) is 0 Å². The molecule has 90 valence electrons. The maximum Gasteiger partial charge on any atom is 0.261 e. The zero-order chi connectivity index (χ0) is 11.9. The number of hydrogen-bond acceptors (Lipinski definition) is 3. The Morgan fingerprint density at radius 2 is 2.25 bits per heavy atom. The first-order valence-electron chi connectivity index (χ1n) is 5.11. The van der Waals surface area contributed by atoms with Crippen molar-refractivity contribution in [1.29, 1.82) is 0 Å². The highest BCUT2D eigenvalue weighted by Crippen LogP contribution is 2.33. The Morgan fingerprint density at radius 3 is 2.69 bits per heavy atom. The molecule has 1 saturated carbocycles. The van der Waals surface area contributed by atoms with Crippen LogP contribution in [0, 0.1) is 5.92 Å². The number of aryl methyl sites for hydroxylation is 1. The molecule has 0 aromatic carbocycles. The zero-order valence-electron chi connectivity index (χ0n) is 9.14. The molecule has 0 bridgehead atoms. The lowest BCUT2D eigenvalue weighted by Gasteiger charge is -2.11. The van der Waals surface area contributed by atoms with Gasteiger partial charge in [0, 0.05) is 13.1 Å². The van der Waals surface area contributed by atoms with E-state index in [9.17, 15) is 8.42 Å². The Bertz CT molecular complexity index is 493. The summed E-state index contributed by atoms with van der Waals surface area (Å²) >= 11 is 5.85. The molecule has 0 spiro atoms. The van der Waals surface area contributed by atoms with Crippen molar-refractivity contribution in [1.82, 2.24) is 14.3 Å². The lowest BCUT2D eigenvalue weighted by Crippen LogP contribution is -2.34. The van der Waals surface area contributed by atoms with E-state index in [1.807, 2.05) is 6.92 Å². The van der Waals surface area contributed by atoms with Gasteiger partial charge in [0.05, 0.1) is 6.33 Å². The number of nitrogens with zero attached hydrogens (tertiary/aromatic N) is 2. The van der Waals surface area contributed by atoms with E-state index in [0.29, 0.717) is 5.92 Å². The van der Waals surface area contributed by atoms with E-state index in [1.54, 1.807) is 7.05 Å². The molecule has 16 heavy (non-hydrogen) atoms. The SMILES string of the molecule is CC(NS(=O)(=O)c1ncn(C)c1Cl)C1CC1. The summed E-state index contributed by atoms with van der Waals surface area (Å²) in [5.74, 6) is 0.456. The molecule has 1 atom stereocenters. The van der Waals surface area contributed by atoms with E-state index in [0.717, 1.165) is 12.8 Å². The molecule has 1 unspecified atom stereocenters. The lowest BCUT2D eigenvalue weighted by molar-refractivity contribution is 0.535. The fraction of sp³-hybridized carbons (Fsp3) is 0.667. The summed E-state index contributed by atoms with van der Waals surface area (Å²) in [6.07, 6.45) is 3.55. The fourth-order valence-electron chi connectivity index (χ4n) is 1.57. The smallest absolute Gasteiger partial charge is 0.261 e. The van der Waals surface area contributed by atoms with Crippen LogP contribution >= 0.6 is 11.6 Å². The molecule has 5 nitrogen and oxygen atoms in total. The molecular weight excluding hydrogens is 250 g/mol. The second-order valence-electron chi connectivity index (χ2n) is 4.20. The molecule has 0 radical (unpaired) electrons. The second-order valence-corrected chi connectivity index (χ2v) is 6.19. The quantitative estimate of drug-likeness (QED) is 0.886. The van der Waals surface area contributed by atoms with E-state index < -0.39 is 10.0 Å². The summed E-state index contributed by atoms with van der Waals surface area (Å²) < 4.78 is 27.9. The molecular formula is C9H14ClN3O2S. The van der Waals surface area contributed by atoms with Crippen LogP contribution in [-0.2, 0) is 17.1 Å². The Hall–Kier alpha value is -0.590. The minimum atomic E-state index is -3.59. The number of nitrogens with one attached hydrogen (secondary N) is 1. The normalized spacial score (nSPS) is 18.7. The van der Waals surface area contributed by atoms with E-state index in [2.05, 4.69) is 9.71 Å². The van der Waals surface area contributed by atoms with E-state index in [4.69, 9.17) is 11.6 Å². The van der Waals surface area contributed by atoms with Crippen LogP contribution in [0.3, 0.4) is 0 Å². The second kappa shape index (κ2) is 4.01. The molecule has 1 fully saturated rings. The monoisotopic (exact) mass is 263 g/mol. The fourth-order valence-corrected chi connectivity index (χ4v) is 3.31. The molecule has 7 heteroatoms. The van der Waals surface area contributed by atoms with Gasteiger partial charge in [-0.2, -0.15) is 0 Å². The van der Waals surface area contributed by atoms with Crippen LogP contribution < -0.4 is 4.72 Å². The number of halogens is 1. The van der Waals surface area contributed by atoms with Crippen molar-refractivity contribution >= 4 is 21.6 Å². The molecule has 0 aliphatic heterocycles. The molecule has 1 aromatic rings.